The molecule has 98 valence electrons. The summed E-state index contributed by atoms with van der Waals surface area (Å²) in [5, 5.41) is 9.60. The van der Waals surface area contributed by atoms with Crippen molar-refractivity contribution >= 4 is 11.9 Å². The summed E-state index contributed by atoms with van der Waals surface area (Å²) in [5.74, 6) is -0.934. The van der Waals surface area contributed by atoms with Gasteiger partial charge in [-0.3, -0.25) is 9.59 Å². The second-order valence-corrected chi connectivity index (χ2v) is 3.64. The highest BCUT2D eigenvalue weighted by Crippen LogP contribution is 2.17. The SMILES string of the molecule is CCOC(=O)CN(CC)C(=O)c1ccccc1O. The minimum Gasteiger partial charge on any atom is -0.507 e. The number of rotatable bonds is 5. The number of esters is 1. The molecule has 0 aromatic heterocycles. The molecule has 0 spiro atoms. The van der Waals surface area contributed by atoms with Crippen molar-refractivity contribution in [2.75, 3.05) is 19.7 Å². The van der Waals surface area contributed by atoms with Crippen LogP contribution in [0.4, 0.5) is 0 Å². The lowest BCUT2D eigenvalue weighted by Gasteiger charge is -2.20. The highest BCUT2D eigenvalue weighted by molar-refractivity contribution is 5.98. The number of amides is 1. The standard InChI is InChI=1S/C13H17NO4/c1-3-14(9-12(16)18-4-2)13(17)10-7-5-6-8-11(10)15/h5-8,15H,3-4,9H2,1-2H3. The Kier molecular flexibility index (Phi) is 5.17. The van der Waals surface area contributed by atoms with E-state index in [0.717, 1.165) is 0 Å². The molecule has 0 bridgehead atoms. The number of carbonyl (C=O) groups excluding carboxylic acids is 2. The van der Waals surface area contributed by atoms with Gasteiger partial charge in [-0.2, -0.15) is 0 Å². The van der Waals surface area contributed by atoms with Gasteiger partial charge in [0.05, 0.1) is 12.2 Å². The molecule has 5 nitrogen and oxygen atoms in total. The predicted molar refractivity (Wildman–Crippen MR) is 66.3 cm³/mol. The van der Waals surface area contributed by atoms with Gasteiger partial charge >= 0.3 is 5.97 Å². The molecule has 0 atom stereocenters. The van der Waals surface area contributed by atoms with Crippen molar-refractivity contribution in [2.45, 2.75) is 13.8 Å². The maximum absolute atomic E-state index is 12.1. The number of phenolic OH excluding ortho intramolecular Hbond substituents is 1. The van der Waals surface area contributed by atoms with E-state index in [4.69, 9.17) is 4.74 Å². The van der Waals surface area contributed by atoms with Crippen molar-refractivity contribution in [3.05, 3.63) is 29.8 Å². The van der Waals surface area contributed by atoms with Gasteiger partial charge in [0, 0.05) is 6.54 Å². The Balaban J connectivity index is 2.80. The van der Waals surface area contributed by atoms with Crippen LogP contribution in [0.15, 0.2) is 24.3 Å². The monoisotopic (exact) mass is 251 g/mol. The molecule has 0 radical (unpaired) electrons. The van der Waals surface area contributed by atoms with Gasteiger partial charge in [0.2, 0.25) is 0 Å². The van der Waals surface area contributed by atoms with Crippen LogP contribution in [-0.2, 0) is 9.53 Å². The molecular formula is C13H17NO4. The first kappa shape index (κ1) is 14.0. The van der Waals surface area contributed by atoms with Gasteiger partial charge in [0.1, 0.15) is 12.3 Å². The smallest absolute Gasteiger partial charge is 0.325 e. The van der Waals surface area contributed by atoms with Gasteiger partial charge in [-0.15, -0.1) is 0 Å². The molecular weight excluding hydrogens is 234 g/mol. The van der Waals surface area contributed by atoms with Crippen molar-refractivity contribution in [1.82, 2.24) is 4.90 Å². The number of phenols is 1. The molecule has 0 aliphatic carbocycles. The molecule has 0 fully saturated rings. The van der Waals surface area contributed by atoms with Gasteiger partial charge in [-0.05, 0) is 26.0 Å². The van der Waals surface area contributed by atoms with Crippen LogP contribution in [-0.4, -0.2) is 41.6 Å². The summed E-state index contributed by atoms with van der Waals surface area (Å²) in [6.07, 6.45) is 0. The summed E-state index contributed by atoms with van der Waals surface area (Å²) in [5.41, 5.74) is 0.184. The van der Waals surface area contributed by atoms with Crippen LogP contribution < -0.4 is 0 Å². The van der Waals surface area contributed by atoms with Crippen LogP contribution in [0.5, 0.6) is 5.75 Å². The van der Waals surface area contributed by atoms with Crippen molar-refractivity contribution in [3.63, 3.8) is 0 Å². The Labute approximate surface area is 106 Å². The Hall–Kier alpha value is -2.04. The number of benzene rings is 1. The summed E-state index contributed by atoms with van der Waals surface area (Å²) in [4.78, 5) is 24.8. The Morgan fingerprint density at radius 2 is 1.94 bits per heavy atom. The predicted octanol–water partition coefficient (Wildman–Crippen LogP) is 1.42. The fraction of sp³-hybridized carbons (Fsp3) is 0.385. The van der Waals surface area contributed by atoms with Crippen molar-refractivity contribution in [1.29, 1.82) is 0 Å². The molecule has 1 aromatic carbocycles. The maximum Gasteiger partial charge on any atom is 0.325 e. The van der Waals surface area contributed by atoms with Crippen LogP contribution in [0.25, 0.3) is 0 Å². The number of likely N-dealkylation sites (N-methyl/N-ethyl adjacent to an activating group) is 1. The zero-order valence-corrected chi connectivity index (χ0v) is 10.5. The van der Waals surface area contributed by atoms with E-state index >= 15 is 0 Å². The minimum atomic E-state index is -0.455. The van der Waals surface area contributed by atoms with E-state index < -0.39 is 5.97 Å². The van der Waals surface area contributed by atoms with Gasteiger partial charge < -0.3 is 14.7 Å². The van der Waals surface area contributed by atoms with E-state index in [-0.39, 0.29) is 30.4 Å². The average molecular weight is 251 g/mol. The molecule has 0 aliphatic rings. The highest BCUT2D eigenvalue weighted by Gasteiger charge is 2.20. The molecule has 1 amide bonds. The second-order valence-electron chi connectivity index (χ2n) is 3.64. The third-order valence-electron chi connectivity index (χ3n) is 2.43. The fourth-order valence-electron chi connectivity index (χ4n) is 1.51. The summed E-state index contributed by atoms with van der Waals surface area (Å²) in [7, 11) is 0. The van der Waals surface area contributed by atoms with Gasteiger partial charge in [0.15, 0.2) is 0 Å². The van der Waals surface area contributed by atoms with Gasteiger partial charge in [-0.25, -0.2) is 0 Å². The minimum absolute atomic E-state index is 0.0928. The highest BCUT2D eigenvalue weighted by atomic mass is 16.5. The molecule has 0 heterocycles. The number of nitrogens with zero attached hydrogens (tertiary/aromatic N) is 1. The zero-order valence-electron chi connectivity index (χ0n) is 10.5. The second kappa shape index (κ2) is 6.64. The van der Waals surface area contributed by atoms with Crippen LogP contribution in [0.1, 0.15) is 24.2 Å². The van der Waals surface area contributed by atoms with E-state index in [1.165, 1.54) is 17.0 Å². The van der Waals surface area contributed by atoms with E-state index in [2.05, 4.69) is 0 Å². The van der Waals surface area contributed by atoms with E-state index in [9.17, 15) is 14.7 Å². The van der Waals surface area contributed by atoms with E-state index in [1.54, 1.807) is 26.0 Å². The van der Waals surface area contributed by atoms with Crippen molar-refractivity contribution in [3.8, 4) is 5.75 Å². The molecule has 0 saturated carbocycles. The summed E-state index contributed by atoms with van der Waals surface area (Å²) < 4.78 is 4.80. The first-order chi connectivity index (χ1) is 8.60. The summed E-state index contributed by atoms with van der Waals surface area (Å²) in [6.45, 7) is 4.00. The summed E-state index contributed by atoms with van der Waals surface area (Å²) in [6, 6.07) is 6.25. The van der Waals surface area contributed by atoms with Crippen molar-refractivity contribution < 1.29 is 19.4 Å². The van der Waals surface area contributed by atoms with Crippen LogP contribution >= 0.6 is 0 Å². The molecule has 1 rings (SSSR count). The normalized spacial score (nSPS) is 9.89. The third-order valence-corrected chi connectivity index (χ3v) is 2.43. The average Bonchev–Trinajstić information content (AvgIpc) is 2.36. The Morgan fingerprint density at radius 3 is 2.50 bits per heavy atom. The molecule has 5 heteroatoms. The van der Waals surface area contributed by atoms with Crippen LogP contribution in [0.2, 0.25) is 0 Å². The first-order valence-corrected chi connectivity index (χ1v) is 5.83. The number of carbonyl (C=O) groups is 2. The quantitative estimate of drug-likeness (QED) is 0.804. The molecule has 1 N–H and O–H groups in total. The molecule has 0 unspecified atom stereocenters. The van der Waals surface area contributed by atoms with Gasteiger partial charge in [0.25, 0.3) is 5.91 Å². The van der Waals surface area contributed by atoms with Crippen molar-refractivity contribution in [2.24, 2.45) is 0 Å². The summed E-state index contributed by atoms with van der Waals surface area (Å²) >= 11 is 0. The number of aromatic hydroxyl groups is 1. The van der Waals surface area contributed by atoms with Crippen LogP contribution in [0, 0.1) is 0 Å². The molecule has 18 heavy (non-hydrogen) atoms. The molecule has 0 saturated heterocycles. The van der Waals surface area contributed by atoms with Crippen LogP contribution in [0.3, 0.4) is 0 Å². The topological polar surface area (TPSA) is 66.8 Å². The van der Waals surface area contributed by atoms with E-state index in [1.807, 2.05) is 0 Å². The third kappa shape index (κ3) is 3.48. The van der Waals surface area contributed by atoms with E-state index in [0.29, 0.717) is 6.54 Å². The lowest BCUT2D eigenvalue weighted by Crippen LogP contribution is -2.36. The lowest BCUT2D eigenvalue weighted by molar-refractivity contribution is -0.143. The molecule has 0 aliphatic heterocycles. The maximum atomic E-state index is 12.1. The number of hydrogen-bond donors (Lipinski definition) is 1. The van der Waals surface area contributed by atoms with Gasteiger partial charge in [-0.1, -0.05) is 12.1 Å². The lowest BCUT2D eigenvalue weighted by atomic mass is 10.1. The number of hydrogen-bond acceptors (Lipinski definition) is 4. The largest absolute Gasteiger partial charge is 0.507 e. The number of ether oxygens (including phenoxy) is 1. The molecule has 1 aromatic rings. The number of para-hydroxylation sites is 1. The first-order valence-electron chi connectivity index (χ1n) is 5.83. The Bertz CT molecular complexity index is 431. The fourth-order valence-corrected chi connectivity index (χ4v) is 1.51. The Morgan fingerprint density at radius 1 is 1.28 bits per heavy atom. The zero-order chi connectivity index (χ0) is 13.5.